The van der Waals surface area contributed by atoms with E-state index in [0.717, 1.165) is 11.1 Å². The summed E-state index contributed by atoms with van der Waals surface area (Å²) in [6, 6.07) is 21.1. The van der Waals surface area contributed by atoms with Gasteiger partial charge in [0.05, 0.1) is 24.2 Å². The van der Waals surface area contributed by atoms with E-state index in [1.165, 1.54) is 0 Å². The molecule has 1 saturated heterocycles. The van der Waals surface area contributed by atoms with Crippen molar-refractivity contribution in [3.63, 3.8) is 0 Å². The standard InChI is InChI=1S/C23H17Cl3O5/c24-18-7-1-15(2-8-18)22(16-3-9-19(25)10-4-16)13-29-23(30-14-22,31-21(27)28)17-5-11-20(26)12-6-17/h1-12H,13-14H2,(H,27,28). The van der Waals surface area contributed by atoms with Crippen LogP contribution in [0.1, 0.15) is 16.7 Å². The molecule has 1 aliphatic heterocycles. The lowest BCUT2D eigenvalue weighted by molar-refractivity contribution is -0.402. The minimum atomic E-state index is -1.92. The van der Waals surface area contributed by atoms with E-state index in [9.17, 15) is 9.90 Å². The summed E-state index contributed by atoms with van der Waals surface area (Å²) in [5.41, 5.74) is 1.41. The third kappa shape index (κ3) is 4.38. The van der Waals surface area contributed by atoms with Crippen molar-refractivity contribution in [2.45, 2.75) is 11.4 Å². The van der Waals surface area contributed by atoms with Gasteiger partial charge in [-0.05, 0) is 59.7 Å². The lowest BCUT2D eigenvalue weighted by Gasteiger charge is -2.45. The Bertz CT molecular complexity index is 1010. The van der Waals surface area contributed by atoms with Crippen molar-refractivity contribution in [2.24, 2.45) is 0 Å². The lowest BCUT2D eigenvalue weighted by Crippen LogP contribution is -2.52. The Morgan fingerprint density at radius 1 is 0.710 bits per heavy atom. The van der Waals surface area contributed by atoms with Gasteiger partial charge in [0.25, 0.3) is 0 Å². The summed E-state index contributed by atoms with van der Waals surface area (Å²) in [5.74, 6) is -1.92. The number of carboxylic acid groups (broad SMARTS) is 1. The van der Waals surface area contributed by atoms with E-state index in [1.54, 1.807) is 48.5 Å². The van der Waals surface area contributed by atoms with Gasteiger partial charge >= 0.3 is 12.1 Å². The summed E-state index contributed by atoms with van der Waals surface area (Å²) in [4.78, 5) is 11.5. The predicted molar refractivity (Wildman–Crippen MR) is 118 cm³/mol. The molecule has 4 rings (SSSR count). The summed E-state index contributed by atoms with van der Waals surface area (Å²) in [5, 5.41) is 11.0. The van der Waals surface area contributed by atoms with E-state index in [0.29, 0.717) is 20.6 Å². The van der Waals surface area contributed by atoms with Crippen molar-refractivity contribution in [2.75, 3.05) is 13.2 Å². The van der Waals surface area contributed by atoms with Gasteiger partial charge in [0.15, 0.2) is 0 Å². The molecule has 1 N–H and O–H groups in total. The molecule has 0 saturated carbocycles. The number of ether oxygens (including phenoxy) is 3. The second kappa shape index (κ2) is 8.69. The minimum Gasteiger partial charge on any atom is -0.450 e. The first kappa shape index (κ1) is 21.9. The monoisotopic (exact) mass is 478 g/mol. The average molecular weight is 480 g/mol. The van der Waals surface area contributed by atoms with Crippen LogP contribution in [0.3, 0.4) is 0 Å². The highest BCUT2D eigenvalue weighted by atomic mass is 35.5. The van der Waals surface area contributed by atoms with Crippen LogP contribution < -0.4 is 0 Å². The van der Waals surface area contributed by atoms with Crippen LogP contribution >= 0.6 is 34.8 Å². The fourth-order valence-corrected chi connectivity index (χ4v) is 3.99. The highest BCUT2D eigenvalue weighted by molar-refractivity contribution is 6.31. The Labute approximate surface area is 194 Å². The molecule has 5 nitrogen and oxygen atoms in total. The minimum absolute atomic E-state index is 0.0756. The van der Waals surface area contributed by atoms with Crippen LogP contribution in [-0.4, -0.2) is 24.5 Å². The van der Waals surface area contributed by atoms with Gasteiger partial charge in [-0.2, -0.15) is 0 Å². The molecule has 0 bridgehead atoms. The van der Waals surface area contributed by atoms with Gasteiger partial charge in [-0.1, -0.05) is 59.1 Å². The maximum Gasteiger partial charge on any atom is 0.510 e. The fourth-order valence-electron chi connectivity index (χ4n) is 3.61. The molecule has 3 aromatic rings. The second-order valence-corrected chi connectivity index (χ2v) is 8.41. The van der Waals surface area contributed by atoms with Gasteiger partial charge in [0.1, 0.15) is 0 Å². The lowest BCUT2D eigenvalue weighted by atomic mass is 9.75. The SMILES string of the molecule is O=C(O)OC1(c2ccc(Cl)cc2)OCC(c2ccc(Cl)cc2)(c2ccc(Cl)cc2)CO1. The quantitative estimate of drug-likeness (QED) is 0.434. The smallest absolute Gasteiger partial charge is 0.450 e. The van der Waals surface area contributed by atoms with Crippen LogP contribution in [0.2, 0.25) is 15.1 Å². The molecule has 3 aromatic carbocycles. The van der Waals surface area contributed by atoms with Crippen molar-refractivity contribution in [1.82, 2.24) is 0 Å². The first-order valence-electron chi connectivity index (χ1n) is 9.31. The molecular formula is C23H17Cl3O5. The maximum atomic E-state index is 11.5. The Morgan fingerprint density at radius 2 is 1.06 bits per heavy atom. The molecular weight excluding hydrogens is 463 g/mol. The molecule has 160 valence electrons. The molecule has 1 aliphatic rings. The number of halogens is 3. The second-order valence-electron chi connectivity index (χ2n) is 7.10. The van der Waals surface area contributed by atoms with Crippen molar-refractivity contribution >= 4 is 41.0 Å². The molecule has 0 amide bonds. The number of benzene rings is 3. The van der Waals surface area contributed by atoms with Gasteiger partial charge in [-0.15, -0.1) is 0 Å². The van der Waals surface area contributed by atoms with E-state index >= 15 is 0 Å². The van der Waals surface area contributed by atoms with Gasteiger partial charge in [0.2, 0.25) is 0 Å². The summed E-state index contributed by atoms with van der Waals surface area (Å²) in [6.45, 7) is 0.151. The summed E-state index contributed by atoms with van der Waals surface area (Å²) in [6.07, 6.45) is -1.53. The third-order valence-electron chi connectivity index (χ3n) is 5.23. The van der Waals surface area contributed by atoms with Crippen LogP contribution in [0, 0.1) is 0 Å². The van der Waals surface area contributed by atoms with E-state index in [-0.39, 0.29) is 13.2 Å². The largest absolute Gasteiger partial charge is 0.510 e. The zero-order chi connectivity index (χ0) is 22.1. The van der Waals surface area contributed by atoms with E-state index in [1.807, 2.05) is 24.3 Å². The summed E-state index contributed by atoms with van der Waals surface area (Å²) < 4.78 is 17.2. The van der Waals surface area contributed by atoms with Crippen molar-refractivity contribution in [3.05, 3.63) is 105 Å². The molecule has 31 heavy (non-hydrogen) atoms. The van der Waals surface area contributed by atoms with E-state index in [2.05, 4.69) is 0 Å². The Balaban J connectivity index is 1.76. The van der Waals surface area contributed by atoms with Gasteiger partial charge in [0, 0.05) is 15.1 Å². The zero-order valence-corrected chi connectivity index (χ0v) is 18.3. The van der Waals surface area contributed by atoms with Gasteiger partial charge < -0.3 is 19.3 Å². The van der Waals surface area contributed by atoms with E-state index in [4.69, 9.17) is 49.0 Å². The molecule has 1 fully saturated rings. The molecule has 8 heteroatoms. The van der Waals surface area contributed by atoms with Crippen molar-refractivity contribution in [3.8, 4) is 0 Å². The third-order valence-corrected chi connectivity index (χ3v) is 5.99. The molecule has 0 aromatic heterocycles. The van der Waals surface area contributed by atoms with Crippen LogP contribution in [0.5, 0.6) is 0 Å². The van der Waals surface area contributed by atoms with Gasteiger partial charge in [-0.3, -0.25) is 0 Å². The fraction of sp³-hybridized carbons (Fsp3) is 0.174. The van der Waals surface area contributed by atoms with Crippen LogP contribution in [0.15, 0.2) is 72.8 Å². The van der Waals surface area contributed by atoms with Crippen molar-refractivity contribution < 1.29 is 24.1 Å². The van der Waals surface area contributed by atoms with Crippen molar-refractivity contribution in [1.29, 1.82) is 0 Å². The highest BCUT2D eigenvalue weighted by Gasteiger charge is 2.50. The van der Waals surface area contributed by atoms with Gasteiger partial charge in [-0.25, -0.2) is 4.79 Å². The normalized spacial score (nSPS) is 17.1. The number of carbonyl (C=O) groups is 1. The molecule has 0 spiro atoms. The predicted octanol–water partition coefficient (Wildman–Crippen LogP) is 6.48. The zero-order valence-electron chi connectivity index (χ0n) is 16.1. The Kier molecular flexibility index (Phi) is 6.15. The van der Waals surface area contributed by atoms with Crippen LogP contribution in [0.25, 0.3) is 0 Å². The molecule has 0 aliphatic carbocycles. The highest BCUT2D eigenvalue weighted by Crippen LogP contribution is 2.44. The summed E-state index contributed by atoms with van der Waals surface area (Å²) in [7, 11) is 0. The molecule has 1 heterocycles. The number of hydrogen-bond acceptors (Lipinski definition) is 4. The first-order chi connectivity index (χ1) is 14.8. The topological polar surface area (TPSA) is 65.0 Å². The van der Waals surface area contributed by atoms with Crippen LogP contribution in [-0.2, 0) is 25.6 Å². The Hall–Kier alpha value is -2.28. The average Bonchev–Trinajstić information content (AvgIpc) is 2.76. The number of hydrogen-bond donors (Lipinski definition) is 1. The molecule has 0 atom stereocenters. The molecule has 0 radical (unpaired) electrons. The Morgan fingerprint density at radius 3 is 1.42 bits per heavy atom. The number of rotatable bonds is 4. The molecule has 0 unspecified atom stereocenters. The maximum absolute atomic E-state index is 11.5. The summed E-state index contributed by atoms with van der Waals surface area (Å²) >= 11 is 18.1. The first-order valence-corrected chi connectivity index (χ1v) is 10.4. The van der Waals surface area contributed by atoms with Crippen LogP contribution in [0.4, 0.5) is 4.79 Å². The van der Waals surface area contributed by atoms with E-state index < -0.39 is 17.5 Å².